The zero-order chi connectivity index (χ0) is 23.1. The number of hydrazone groups is 1. The molecule has 3 rings (SSSR count). The molecular weight excluding hydrogens is 441 g/mol. The van der Waals surface area contributed by atoms with Crippen LogP contribution in [0.2, 0.25) is 0 Å². The molecule has 1 amide bonds. The maximum atomic E-state index is 13.4. The largest absolute Gasteiger partial charge is 0.493 e. The lowest BCUT2D eigenvalue weighted by Crippen LogP contribution is -2.39. The Balaban J connectivity index is 1.91. The van der Waals surface area contributed by atoms with Crippen molar-refractivity contribution in [1.82, 2.24) is 5.43 Å². The Hall–Kier alpha value is -3.86. The van der Waals surface area contributed by atoms with E-state index >= 15 is 0 Å². The Morgan fingerprint density at radius 2 is 1.84 bits per heavy atom. The molecule has 1 aromatic heterocycles. The molecule has 0 fully saturated rings. The number of ether oxygens (including phenoxy) is 2. The molecule has 9 nitrogen and oxygen atoms in total. The molecule has 0 radical (unpaired) electrons. The highest BCUT2D eigenvalue weighted by atomic mass is 32.2. The first-order chi connectivity index (χ1) is 15.3. The van der Waals surface area contributed by atoms with E-state index in [9.17, 15) is 17.6 Å². The Morgan fingerprint density at radius 1 is 1.12 bits per heavy atom. The number of sulfonamides is 1. The first-order valence-electron chi connectivity index (χ1n) is 9.21. The molecule has 168 valence electrons. The zero-order valence-corrected chi connectivity index (χ0v) is 18.0. The van der Waals surface area contributed by atoms with Crippen LogP contribution in [-0.4, -0.2) is 41.3 Å². The van der Waals surface area contributed by atoms with Gasteiger partial charge >= 0.3 is 0 Å². The number of carbonyl (C=O) groups is 1. The molecule has 2 aromatic carbocycles. The Labute approximate surface area is 184 Å². The predicted molar refractivity (Wildman–Crippen MR) is 115 cm³/mol. The van der Waals surface area contributed by atoms with E-state index in [0.29, 0.717) is 11.5 Å². The van der Waals surface area contributed by atoms with Gasteiger partial charge in [0.25, 0.3) is 15.9 Å². The van der Waals surface area contributed by atoms with Gasteiger partial charge in [-0.15, -0.1) is 0 Å². The SMILES string of the molecule is COc1ccc(S(=O)(=O)N(CC(=O)N/N=C\c2ccco2)c2ccc(F)cc2)cc1OC. The van der Waals surface area contributed by atoms with Gasteiger partial charge < -0.3 is 13.9 Å². The minimum atomic E-state index is -4.24. The second-order valence-corrected chi connectivity index (χ2v) is 8.18. The molecule has 1 N–H and O–H groups in total. The van der Waals surface area contributed by atoms with Crippen LogP contribution in [0.25, 0.3) is 0 Å². The van der Waals surface area contributed by atoms with Gasteiger partial charge in [-0.2, -0.15) is 5.10 Å². The van der Waals surface area contributed by atoms with Crippen LogP contribution in [0.4, 0.5) is 10.1 Å². The summed E-state index contributed by atoms with van der Waals surface area (Å²) in [5.41, 5.74) is 2.33. The van der Waals surface area contributed by atoms with Crippen molar-refractivity contribution < 1.29 is 31.5 Å². The van der Waals surface area contributed by atoms with Gasteiger partial charge in [-0.3, -0.25) is 9.10 Å². The Bertz CT molecular complexity index is 1190. The summed E-state index contributed by atoms with van der Waals surface area (Å²) in [5.74, 6) is -0.338. The van der Waals surface area contributed by atoms with Crippen molar-refractivity contribution >= 4 is 27.8 Å². The second kappa shape index (κ2) is 9.96. The molecule has 0 unspecified atom stereocenters. The molecule has 1 heterocycles. The van der Waals surface area contributed by atoms with E-state index in [1.54, 1.807) is 12.1 Å². The molecule has 0 bridgehead atoms. The molecule has 0 aliphatic rings. The fraction of sp³-hybridized carbons (Fsp3) is 0.143. The first kappa shape index (κ1) is 22.8. The van der Waals surface area contributed by atoms with E-state index in [2.05, 4.69) is 10.5 Å². The number of carbonyl (C=O) groups excluding carboxylic acids is 1. The molecule has 11 heteroatoms. The van der Waals surface area contributed by atoms with Gasteiger partial charge in [0.1, 0.15) is 18.1 Å². The normalized spacial score (nSPS) is 11.3. The van der Waals surface area contributed by atoms with E-state index in [0.717, 1.165) is 16.4 Å². The number of nitrogens with one attached hydrogen (secondary N) is 1. The fourth-order valence-electron chi connectivity index (χ4n) is 2.73. The maximum absolute atomic E-state index is 13.4. The van der Waals surface area contributed by atoms with Crippen molar-refractivity contribution in [3.63, 3.8) is 0 Å². The van der Waals surface area contributed by atoms with Gasteiger partial charge in [0.2, 0.25) is 0 Å². The van der Waals surface area contributed by atoms with Crippen molar-refractivity contribution in [3.8, 4) is 11.5 Å². The summed E-state index contributed by atoms with van der Waals surface area (Å²) in [7, 11) is -1.45. The van der Waals surface area contributed by atoms with Crippen LogP contribution >= 0.6 is 0 Å². The average molecular weight is 461 g/mol. The van der Waals surface area contributed by atoms with E-state index in [4.69, 9.17) is 13.9 Å². The van der Waals surface area contributed by atoms with E-state index in [-0.39, 0.29) is 16.3 Å². The number of anilines is 1. The van der Waals surface area contributed by atoms with E-state index in [1.165, 1.54) is 57.0 Å². The molecule has 0 atom stereocenters. The predicted octanol–water partition coefficient (Wildman–Crippen LogP) is 2.78. The number of rotatable bonds is 9. The lowest BCUT2D eigenvalue weighted by molar-refractivity contribution is -0.119. The second-order valence-electron chi connectivity index (χ2n) is 6.31. The summed E-state index contributed by atoms with van der Waals surface area (Å²) in [5, 5.41) is 3.74. The first-order valence-corrected chi connectivity index (χ1v) is 10.6. The lowest BCUT2D eigenvalue weighted by atomic mass is 10.3. The number of amides is 1. The van der Waals surface area contributed by atoms with Crippen molar-refractivity contribution in [1.29, 1.82) is 0 Å². The summed E-state index contributed by atoms with van der Waals surface area (Å²) in [6.07, 6.45) is 2.71. The van der Waals surface area contributed by atoms with E-state index < -0.39 is 28.3 Å². The van der Waals surface area contributed by atoms with Crippen LogP contribution < -0.4 is 19.2 Å². The van der Waals surface area contributed by atoms with Crippen molar-refractivity contribution in [3.05, 3.63) is 72.4 Å². The summed E-state index contributed by atoms with van der Waals surface area (Å²) in [6.45, 7) is -0.613. The maximum Gasteiger partial charge on any atom is 0.264 e. The highest BCUT2D eigenvalue weighted by Gasteiger charge is 2.28. The van der Waals surface area contributed by atoms with Gasteiger partial charge in [0.05, 0.1) is 37.3 Å². The molecule has 0 aliphatic heterocycles. The quantitative estimate of drug-likeness (QED) is 0.388. The lowest BCUT2D eigenvalue weighted by Gasteiger charge is -2.24. The Kier molecular flexibility index (Phi) is 7.11. The summed E-state index contributed by atoms with van der Waals surface area (Å²) < 4.78 is 56.4. The minimum absolute atomic E-state index is 0.0892. The van der Waals surface area contributed by atoms with Crippen LogP contribution in [0.15, 0.2) is 75.3 Å². The number of benzene rings is 2. The topological polar surface area (TPSA) is 110 Å². The monoisotopic (exact) mass is 461 g/mol. The molecule has 0 saturated heterocycles. The third-order valence-electron chi connectivity index (χ3n) is 4.27. The average Bonchev–Trinajstić information content (AvgIpc) is 3.31. The number of furan rings is 1. The van der Waals surface area contributed by atoms with Crippen LogP contribution in [0.1, 0.15) is 5.76 Å². The van der Waals surface area contributed by atoms with Crippen LogP contribution in [0.3, 0.4) is 0 Å². The van der Waals surface area contributed by atoms with Gasteiger partial charge in [-0.05, 0) is 48.5 Å². The number of nitrogens with zero attached hydrogens (tertiary/aromatic N) is 2. The highest BCUT2D eigenvalue weighted by Crippen LogP contribution is 2.32. The molecular formula is C21H20FN3O6S. The summed E-state index contributed by atoms with van der Waals surface area (Å²) in [6, 6.07) is 12.0. The molecule has 0 aliphatic carbocycles. The van der Waals surface area contributed by atoms with Gasteiger partial charge in [0, 0.05) is 6.07 Å². The van der Waals surface area contributed by atoms with Crippen molar-refractivity contribution in [2.45, 2.75) is 4.90 Å². The highest BCUT2D eigenvalue weighted by molar-refractivity contribution is 7.92. The van der Waals surface area contributed by atoms with Crippen LogP contribution in [0, 0.1) is 5.82 Å². The number of methoxy groups -OCH3 is 2. The van der Waals surface area contributed by atoms with Crippen LogP contribution in [-0.2, 0) is 14.8 Å². The molecule has 32 heavy (non-hydrogen) atoms. The van der Waals surface area contributed by atoms with E-state index in [1.807, 2.05) is 0 Å². The van der Waals surface area contributed by atoms with Gasteiger partial charge in [0.15, 0.2) is 11.5 Å². The van der Waals surface area contributed by atoms with Gasteiger partial charge in [-0.25, -0.2) is 18.2 Å². The summed E-state index contributed by atoms with van der Waals surface area (Å²) >= 11 is 0. The minimum Gasteiger partial charge on any atom is -0.493 e. The molecule has 0 saturated carbocycles. The van der Waals surface area contributed by atoms with Gasteiger partial charge in [-0.1, -0.05) is 0 Å². The Morgan fingerprint density at radius 3 is 2.47 bits per heavy atom. The smallest absolute Gasteiger partial charge is 0.264 e. The number of hydrogen-bond acceptors (Lipinski definition) is 7. The molecule has 0 spiro atoms. The fourth-order valence-corrected chi connectivity index (χ4v) is 4.16. The molecule has 3 aromatic rings. The third kappa shape index (κ3) is 5.24. The van der Waals surface area contributed by atoms with Crippen molar-refractivity contribution in [2.75, 3.05) is 25.1 Å². The number of hydrogen-bond donors (Lipinski definition) is 1. The number of halogens is 1. The van der Waals surface area contributed by atoms with Crippen LogP contribution in [0.5, 0.6) is 11.5 Å². The third-order valence-corrected chi connectivity index (χ3v) is 6.04. The standard InChI is InChI=1S/C21H20FN3O6S/c1-29-19-10-9-18(12-20(19)30-2)32(27,28)25(16-7-5-15(22)6-8-16)14-21(26)24-23-13-17-4-3-11-31-17/h3-13H,14H2,1-2H3,(H,24,26)/b23-13-. The van der Waals surface area contributed by atoms with Crippen molar-refractivity contribution in [2.24, 2.45) is 5.10 Å². The zero-order valence-electron chi connectivity index (χ0n) is 17.2. The summed E-state index contributed by atoms with van der Waals surface area (Å²) in [4.78, 5) is 12.3.